The Morgan fingerprint density at radius 3 is 2.50 bits per heavy atom. The second kappa shape index (κ2) is 6.28. The van der Waals surface area contributed by atoms with Gasteiger partial charge in [0.1, 0.15) is 0 Å². The van der Waals surface area contributed by atoms with Crippen molar-refractivity contribution in [2.75, 3.05) is 6.54 Å². The highest BCUT2D eigenvalue weighted by Gasteiger charge is 2.25. The van der Waals surface area contributed by atoms with Gasteiger partial charge in [-0.1, -0.05) is 31.2 Å². The van der Waals surface area contributed by atoms with E-state index in [4.69, 9.17) is 5.73 Å². The molecule has 0 saturated heterocycles. The molecule has 0 spiro atoms. The molecule has 0 amide bonds. The molecule has 20 heavy (non-hydrogen) atoms. The van der Waals surface area contributed by atoms with Gasteiger partial charge in [-0.05, 0) is 62.1 Å². The summed E-state index contributed by atoms with van der Waals surface area (Å²) in [6.07, 6.45) is 7.73. The quantitative estimate of drug-likeness (QED) is 0.886. The zero-order chi connectivity index (χ0) is 13.9. The van der Waals surface area contributed by atoms with E-state index in [-0.39, 0.29) is 0 Å². The summed E-state index contributed by atoms with van der Waals surface area (Å²) in [5.41, 5.74) is 9.08. The second-order valence-electron chi connectivity index (χ2n) is 6.65. The Bertz CT molecular complexity index is 431. The third kappa shape index (κ3) is 3.42. The summed E-state index contributed by atoms with van der Waals surface area (Å²) in [5, 5.41) is 0. The molecule has 2 aliphatic carbocycles. The molecule has 3 rings (SSSR count). The van der Waals surface area contributed by atoms with E-state index in [0.29, 0.717) is 6.04 Å². The van der Waals surface area contributed by atoms with Gasteiger partial charge in [0, 0.05) is 18.6 Å². The van der Waals surface area contributed by atoms with Crippen molar-refractivity contribution in [3.8, 4) is 0 Å². The predicted octanol–water partition coefficient (Wildman–Crippen LogP) is 3.66. The predicted molar refractivity (Wildman–Crippen MR) is 84.7 cm³/mol. The molecule has 0 unspecified atom stereocenters. The van der Waals surface area contributed by atoms with Crippen LogP contribution in [-0.2, 0) is 6.54 Å². The van der Waals surface area contributed by atoms with Crippen molar-refractivity contribution in [3.05, 3.63) is 35.4 Å². The van der Waals surface area contributed by atoms with Crippen molar-refractivity contribution < 1.29 is 0 Å². The molecular formula is C18H28N2. The monoisotopic (exact) mass is 272 g/mol. The summed E-state index contributed by atoms with van der Waals surface area (Å²) in [6, 6.07) is 10.5. The van der Waals surface area contributed by atoms with Gasteiger partial charge in [-0.15, -0.1) is 0 Å². The van der Waals surface area contributed by atoms with E-state index in [9.17, 15) is 0 Å². The van der Waals surface area contributed by atoms with Crippen LogP contribution in [0.4, 0.5) is 0 Å². The van der Waals surface area contributed by atoms with Crippen molar-refractivity contribution in [1.29, 1.82) is 0 Å². The maximum atomic E-state index is 6.03. The van der Waals surface area contributed by atoms with Gasteiger partial charge in [0.2, 0.25) is 0 Å². The molecule has 0 heterocycles. The van der Waals surface area contributed by atoms with Gasteiger partial charge in [0.05, 0.1) is 0 Å². The number of benzene rings is 1. The normalized spacial score (nSPS) is 26.9. The van der Waals surface area contributed by atoms with Gasteiger partial charge < -0.3 is 5.73 Å². The lowest BCUT2D eigenvalue weighted by Crippen LogP contribution is -2.40. The molecule has 2 fully saturated rings. The van der Waals surface area contributed by atoms with Gasteiger partial charge in [-0.2, -0.15) is 0 Å². The average Bonchev–Trinajstić information content (AvgIpc) is 3.31. The summed E-state index contributed by atoms with van der Waals surface area (Å²) in [6.45, 7) is 4.55. The molecule has 2 saturated carbocycles. The summed E-state index contributed by atoms with van der Waals surface area (Å²) in [4.78, 5) is 2.65. The molecule has 2 N–H and O–H groups in total. The van der Waals surface area contributed by atoms with E-state index in [2.05, 4.69) is 36.1 Å². The third-order valence-electron chi connectivity index (χ3n) is 5.05. The van der Waals surface area contributed by atoms with Crippen molar-refractivity contribution >= 4 is 0 Å². The van der Waals surface area contributed by atoms with E-state index in [1.54, 1.807) is 5.56 Å². The lowest BCUT2D eigenvalue weighted by Gasteiger charge is -2.35. The van der Waals surface area contributed by atoms with Gasteiger partial charge in [-0.3, -0.25) is 4.90 Å². The van der Waals surface area contributed by atoms with E-state index >= 15 is 0 Å². The molecule has 0 radical (unpaired) electrons. The highest BCUT2D eigenvalue weighted by molar-refractivity contribution is 5.29. The van der Waals surface area contributed by atoms with Crippen LogP contribution in [0, 0.1) is 0 Å². The van der Waals surface area contributed by atoms with E-state index in [1.807, 2.05) is 0 Å². The minimum absolute atomic E-state index is 0.447. The minimum atomic E-state index is 0.447. The largest absolute Gasteiger partial charge is 0.328 e. The highest BCUT2D eigenvalue weighted by atomic mass is 15.1. The first kappa shape index (κ1) is 14.1. The van der Waals surface area contributed by atoms with Gasteiger partial charge in [0.15, 0.2) is 0 Å². The molecule has 0 aromatic heterocycles. The highest BCUT2D eigenvalue weighted by Crippen LogP contribution is 2.40. The maximum Gasteiger partial charge on any atom is 0.0236 e. The first-order valence-corrected chi connectivity index (χ1v) is 8.34. The van der Waals surface area contributed by atoms with Crippen LogP contribution in [0.1, 0.15) is 62.5 Å². The van der Waals surface area contributed by atoms with Crippen molar-refractivity contribution in [1.82, 2.24) is 4.90 Å². The number of nitrogens with zero attached hydrogens (tertiary/aromatic N) is 1. The van der Waals surface area contributed by atoms with Crippen LogP contribution < -0.4 is 5.73 Å². The zero-order valence-electron chi connectivity index (χ0n) is 12.7. The van der Waals surface area contributed by atoms with Crippen LogP contribution in [-0.4, -0.2) is 23.5 Å². The summed E-state index contributed by atoms with van der Waals surface area (Å²) in [5.74, 6) is 0.859. The third-order valence-corrected chi connectivity index (χ3v) is 5.05. The molecule has 1 aromatic carbocycles. The molecule has 0 atom stereocenters. The van der Waals surface area contributed by atoms with Crippen LogP contribution >= 0.6 is 0 Å². The summed E-state index contributed by atoms with van der Waals surface area (Å²) >= 11 is 0. The Morgan fingerprint density at radius 2 is 1.85 bits per heavy atom. The Hall–Kier alpha value is -0.860. The molecule has 2 nitrogen and oxygen atoms in total. The minimum Gasteiger partial charge on any atom is -0.328 e. The number of rotatable bonds is 5. The standard InChI is InChI=1S/C18H28N2/c1-2-20(18-10-8-17(19)9-11-18)13-14-4-3-5-16(12-14)15-6-7-15/h3-5,12,15,17-18H,2,6-11,13,19H2,1H3. The maximum absolute atomic E-state index is 6.03. The molecular weight excluding hydrogens is 244 g/mol. The Morgan fingerprint density at radius 1 is 1.10 bits per heavy atom. The first-order valence-electron chi connectivity index (χ1n) is 8.34. The average molecular weight is 272 g/mol. The molecule has 2 aliphatic rings. The SMILES string of the molecule is CCN(Cc1cccc(C2CC2)c1)C1CCC(N)CC1. The second-order valence-corrected chi connectivity index (χ2v) is 6.65. The summed E-state index contributed by atoms with van der Waals surface area (Å²) in [7, 11) is 0. The lowest BCUT2D eigenvalue weighted by molar-refractivity contribution is 0.149. The van der Waals surface area contributed by atoms with E-state index in [0.717, 1.165) is 25.0 Å². The van der Waals surface area contributed by atoms with Crippen LogP contribution in [0.15, 0.2) is 24.3 Å². The van der Waals surface area contributed by atoms with E-state index in [1.165, 1.54) is 44.1 Å². The molecule has 110 valence electrons. The Balaban J connectivity index is 1.63. The van der Waals surface area contributed by atoms with Crippen LogP contribution in [0.3, 0.4) is 0 Å². The van der Waals surface area contributed by atoms with Crippen molar-refractivity contribution in [2.45, 2.75) is 70.0 Å². The Kier molecular flexibility index (Phi) is 4.42. The first-order chi connectivity index (χ1) is 9.76. The fraction of sp³-hybridized carbons (Fsp3) is 0.667. The van der Waals surface area contributed by atoms with Gasteiger partial charge in [-0.25, -0.2) is 0 Å². The number of nitrogens with two attached hydrogens (primary N) is 1. The van der Waals surface area contributed by atoms with Crippen LogP contribution in [0.5, 0.6) is 0 Å². The van der Waals surface area contributed by atoms with Crippen molar-refractivity contribution in [3.63, 3.8) is 0 Å². The molecule has 0 aliphatic heterocycles. The smallest absolute Gasteiger partial charge is 0.0236 e. The zero-order valence-corrected chi connectivity index (χ0v) is 12.7. The fourth-order valence-electron chi connectivity index (χ4n) is 3.56. The Labute approximate surface area is 123 Å². The molecule has 1 aromatic rings. The number of hydrogen-bond acceptors (Lipinski definition) is 2. The van der Waals surface area contributed by atoms with E-state index < -0.39 is 0 Å². The van der Waals surface area contributed by atoms with Crippen LogP contribution in [0.25, 0.3) is 0 Å². The van der Waals surface area contributed by atoms with Gasteiger partial charge >= 0.3 is 0 Å². The summed E-state index contributed by atoms with van der Waals surface area (Å²) < 4.78 is 0. The number of hydrogen-bond donors (Lipinski definition) is 1. The van der Waals surface area contributed by atoms with Crippen LogP contribution in [0.2, 0.25) is 0 Å². The molecule has 2 heteroatoms. The van der Waals surface area contributed by atoms with Crippen molar-refractivity contribution in [2.24, 2.45) is 5.73 Å². The fourth-order valence-corrected chi connectivity index (χ4v) is 3.56. The lowest BCUT2D eigenvalue weighted by atomic mass is 9.90. The topological polar surface area (TPSA) is 29.3 Å². The molecule has 0 bridgehead atoms. The van der Waals surface area contributed by atoms with Gasteiger partial charge in [0.25, 0.3) is 0 Å².